The van der Waals surface area contributed by atoms with Crippen LogP contribution in [0.1, 0.15) is 40.8 Å². The highest BCUT2D eigenvalue weighted by Gasteiger charge is 2.30. The van der Waals surface area contributed by atoms with Gasteiger partial charge in [0, 0.05) is 29.8 Å². The van der Waals surface area contributed by atoms with Gasteiger partial charge in [0.25, 0.3) is 0 Å². The first-order valence-corrected chi connectivity index (χ1v) is 11.0. The molecule has 0 aromatic carbocycles. The van der Waals surface area contributed by atoms with Gasteiger partial charge in [-0.1, -0.05) is 6.07 Å². The predicted molar refractivity (Wildman–Crippen MR) is 115 cm³/mol. The van der Waals surface area contributed by atoms with Crippen molar-refractivity contribution in [2.75, 3.05) is 18.5 Å². The van der Waals surface area contributed by atoms with Crippen molar-refractivity contribution in [3.63, 3.8) is 0 Å². The molecule has 4 rings (SSSR count). The van der Waals surface area contributed by atoms with E-state index in [-0.39, 0.29) is 12.0 Å². The van der Waals surface area contributed by atoms with Gasteiger partial charge in [0.15, 0.2) is 0 Å². The summed E-state index contributed by atoms with van der Waals surface area (Å²) in [4.78, 5) is 35.0. The maximum Gasteiger partial charge on any atom is 0.434 e. The van der Waals surface area contributed by atoms with Crippen molar-refractivity contribution in [1.82, 2.24) is 10.0 Å². The van der Waals surface area contributed by atoms with Crippen LogP contribution in [0.3, 0.4) is 0 Å². The van der Waals surface area contributed by atoms with Crippen LogP contribution in [0.25, 0.3) is 6.08 Å². The number of carbonyl (C=O) groups excluding carboxylic acids is 2. The van der Waals surface area contributed by atoms with Crippen LogP contribution >= 0.6 is 11.3 Å². The van der Waals surface area contributed by atoms with Gasteiger partial charge in [-0.25, -0.2) is 4.79 Å². The number of carbonyl (C=O) groups is 2. The molecule has 0 spiro atoms. The third kappa shape index (κ3) is 5.10. The van der Waals surface area contributed by atoms with Gasteiger partial charge >= 0.3 is 6.09 Å². The largest absolute Gasteiger partial charge is 0.444 e. The van der Waals surface area contributed by atoms with E-state index in [9.17, 15) is 14.9 Å². The monoisotopic (exact) mass is 438 g/mol. The minimum absolute atomic E-state index is 0.273. The Morgan fingerprint density at radius 1 is 1.42 bits per heavy atom. The van der Waals surface area contributed by atoms with Crippen molar-refractivity contribution >= 4 is 34.4 Å². The molecule has 2 aromatic heterocycles. The molecule has 1 unspecified atom stereocenters. The Morgan fingerprint density at radius 3 is 3.06 bits per heavy atom. The molecule has 2 amide bonds. The molecule has 0 bridgehead atoms. The topological polar surface area (TPSA) is 105 Å². The van der Waals surface area contributed by atoms with Crippen LogP contribution in [0.5, 0.6) is 0 Å². The smallest absolute Gasteiger partial charge is 0.434 e. The summed E-state index contributed by atoms with van der Waals surface area (Å²) in [5.41, 5.74) is 2.24. The fourth-order valence-corrected chi connectivity index (χ4v) is 4.87. The summed E-state index contributed by atoms with van der Waals surface area (Å²) in [7, 11) is 0. The minimum atomic E-state index is -0.459. The molecule has 9 heteroatoms. The van der Waals surface area contributed by atoms with Gasteiger partial charge in [0.1, 0.15) is 17.2 Å². The number of hydroxylamine groups is 2. The second-order valence-corrected chi connectivity index (χ2v) is 8.42. The van der Waals surface area contributed by atoms with E-state index < -0.39 is 6.09 Å². The maximum absolute atomic E-state index is 12.3. The number of aromatic nitrogens is 1. The maximum atomic E-state index is 12.3. The van der Waals surface area contributed by atoms with Crippen LogP contribution in [-0.2, 0) is 27.2 Å². The summed E-state index contributed by atoms with van der Waals surface area (Å²) in [5, 5.41) is 14.3. The van der Waals surface area contributed by atoms with E-state index in [4.69, 9.17) is 9.57 Å². The lowest BCUT2D eigenvalue weighted by atomic mass is 9.94. The third-order valence-corrected chi connectivity index (χ3v) is 6.32. The Kier molecular flexibility index (Phi) is 6.60. The first kappa shape index (κ1) is 21.0. The Morgan fingerprint density at radius 2 is 2.32 bits per heavy atom. The summed E-state index contributed by atoms with van der Waals surface area (Å²) >= 11 is 1.37. The molecule has 3 heterocycles. The Balaban J connectivity index is 1.41. The van der Waals surface area contributed by atoms with Crippen molar-refractivity contribution in [1.29, 1.82) is 5.26 Å². The number of rotatable bonds is 4. The molecule has 31 heavy (non-hydrogen) atoms. The zero-order valence-corrected chi connectivity index (χ0v) is 17.7. The van der Waals surface area contributed by atoms with Crippen molar-refractivity contribution in [2.45, 2.75) is 38.2 Å². The molecule has 0 saturated carbocycles. The quantitative estimate of drug-likeness (QED) is 0.730. The van der Waals surface area contributed by atoms with E-state index in [1.54, 1.807) is 24.5 Å². The van der Waals surface area contributed by atoms with Crippen LogP contribution in [0, 0.1) is 11.3 Å². The van der Waals surface area contributed by atoms with Crippen LogP contribution in [0.15, 0.2) is 30.6 Å². The summed E-state index contributed by atoms with van der Waals surface area (Å²) in [6, 6.07) is 5.85. The van der Waals surface area contributed by atoms with Crippen LogP contribution in [0.2, 0.25) is 0 Å². The Labute approximate surface area is 184 Å². The number of thiophene rings is 1. The van der Waals surface area contributed by atoms with Crippen molar-refractivity contribution < 1.29 is 19.2 Å². The molecular formula is C22H22N4O4S. The van der Waals surface area contributed by atoms with Gasteiger partial charge in [0.05, 0.1) is 18.7 Å². The van der Waals surface area contributed by atoms with Crippen molar-refractivity contribution in [3.05, 3.63) is 52.2 Å². The zero-order valence-electron chi connectivity index (χ0n) is 16.9. The molecule has 2 aliphatic rings. The number of nitrogens with one attached hydrogen (secondary N) is 1. The van der Waals surface area contributed by atoms with E-state index in [0.717, 1.165) is 28.8 Å². The lowest BCUT2D eigenvalue weighted by molar-refractivity contribution is -0.161. The average molecular weight is 439 g/mol. The molecule has 1 atom stereocenters. The number of nitrogens with zero attached hydrogens (tertiary/aromatic N) is 3. The van der Waals surface area contributed by atoms with Gasteiger partial charge in [-0.05, 0) is 49.0 Å². The van der Waals surface area contributed by atoms with Gasteiger partial charge in [-0.3, -0.25) is 14.6 Å². The van der Waals surface area contributed by atoms with Crippen LogP contribution in [-0.4, -0.2) is 41.3 Å². The zero-order chi connectivity index (χ0) is 21.6. The van der Waals surface area contributed by atoms with E-state index >= 15 is 0 Å². The Hall–Kier alpha value is -3.22. The number of nitriles is 1. The number of hydrogen-bond acceptors (Lipinski definition) is 7. The lowest BCUT2D eigenvalue weighted by Gasteiger charge is -2.28. The molecule has 1 fully saturated rings. The highest BCUT2D eigenvalue weighted by Crippen LogP contribution is 2.38. The lowest BCUT2D eigenvalue weighted by Crippen LogP contribution is -2.39. The molecule has 1 N–H and O–H groups in total. The number of hydrogen-bond donors (Lipinski definition) is 1. The molecular weight excluding hydrogens is 416 g/mol. The summed E-state index contributed by atoms with van der Waals surface area (Å²) in [5.74, 6) is -0.316. The summed E-state index contributed by atoms with van der Waals surface area (Å²) in [6.07, 6.45) is 9.29. The van der Waals surface area contributed by atoms with Gasteiger partial charge in [-0.15, -0.1) is 11.3 Å². The standard InChI is InChI=1S/C22H22N4O4S/c23-13-18-17-7-6-16(30-22(28)26-10-1-2-11-29-26)12-19(17)31-21(18)25-20(27)8-5-15-4-3-9-24-14-15/h3-5,8-9,14,16H,1-2,6-7,10-12H2,(H,25,27)/b8-5+. The predicted octanol–water partition coefficient (Wildman–Crippen LogP) is 3.69. The minimum Gasteiger partial charge on any atom is -0.444 e. The molecule has 160 valence electrons. The van der Waals surface area contributed by atoms with Crippen LogP contribution < -0.4 is 5.32 Å². The van der Waals surface area contributed by atoms with Crippen molar-refractivity contribution in [3.8, 4) is 6.07 Å². The fraction of sp³-hybridized carbons (Fsp3) is 0.364. The highest BCUT2D eigenvalue weighted by atomic mass is 32.1. The third-order valence-electron chi connectivity index (χ3n) is 5.15. The summed E-state index contributed by atoms with van der Waals surface area (Å²) < 4.78 is 5.62. The normalized spacial score (nSPS) is 18.3. The Bertz CT molecular complexity index is 1020. The van der Waals surface area contributed by atoms with E-state index in [1.165, 1.54) is 22.5 Å². The van der Waals surface area contributed by atoms with Crippen molar-refractivity contribution in [2.24, 2.45) is 0 Å². The molecule has 1 aliphatic carbocycles. The number of pyridine rings is 1. The second-order valence-electron chi connectivity index (χ2n) is 7.32. The number of fused-ring (bicyclic) bond motifs is 1. The molecule has 8 nitrogen and oxygen atoms in total. The van der Waals surface area contributed by atoms with Gasteiger partial charge in [-0.2, -0.15) is 10.3 Å². The van der Waals surface area contributed by atoms with E-state index in [0.29, 0.717) is 43.0 Å². The van der Waals surface area contributed by atoms with Crippen LogP contribution in [0.4, 0.5) is 9.80 Å². The number of anilines is 1. The van der Waals surface area contributed by atoms with Gasteiger partial charge < -0.3 is 10.1 Å². The fourth-order valence-electron chi connectivity index (χ4n) is 3.60. The molecule has 1 aliphatic heterocycles. The first-order valence-electron chi connectivity index (χ1n) is 10.2. The molecule has 2 aromatic rings. The number of amides is 2. The molecule has 0 radical (unpaired) electrons. The number of ether oxygens (including phenoxy) is 1. The SMILES string of the molecule is N#Cc1c(NC(=O)/C=C/c2cccnc2)sc2c1CCC(OC(=O)N1CCCCO1)C2. The summed E-state index contributed by atoms with van der Waals surface area (Å²) in [6.45, 7) is 1.07. The second kappa shape index (κ2) is 9.73. The first-order chi connectivity index (χ1) is 15.1. The average Bonchev–Trinajstić information content (AvgIpc) is 3.15. The highest BCUT2D eigenvalue weighted by molar-refractivity contribution is 7.16. The van der Waals surface area contributed by atoms with Gasteiger partial charge in [0.2, 0.25) is 5.91 Å². The van der Waals surface area contributed by atoms with E-state index in [1.807, 2.05) is 6.07 Å². The molecule has 1 saturated heterocycles. The van der Waals surface area contributed by atoms with E-state index in [2.05, 4.69) is 16.4 Å².